The molecule has 0 aliphatic rings. The van der Waals surface area contributed by atoms with E-state index in [1.807, 2.05) is 6.92 Å². The largest absolute Gasteiger partial charge is 0.481 e. The van der Waals surface area contributed by atoms with Crippen molar-refractivity contribution in [2.75, 3.05) is 6.61 Å². The predicted octanol–water partition coefficient (Wildman–Crippen LogP) is 3.33. The summed E-state index contributed by atoms with van der Waals surface area (Å²) < 4.78 is 4.98. The topological polar surface area (TPSA) is 75.6 Å². The van der Waals surface area contributed by atoms with Crippen molar-refractivity contribution < 1.29 is 19.4 Å². The lowest BCUT2D eigenvalue weighted by atomic mass is 10.0. The van der Waals surface area contributed by atoms with Crippen molar-refractivity contribution >= 4 is 12.1 Å². The third kappa shape index (κ3) is 11.6. The fraction of sp³-hybridized carbons (Fsp3) is 0.857. The first kappa shape index (κ1) is 17.7. The molecule has 0 saturated heterocycles. The number of amides is 1. The number of ether oxygens (including phenoxy) is 1. The lowest BCUT2D eigenvalue weighted by molar-refractivity contribution is -0.137. The standard InChI is InChI=1S/C14H27NO4/c1-3-5-7-8-9-12(11-13(16)17)15-14(18)19-10-6-4-2/h12H,3-11H2,1-2H3,(H,15,18)(H,16,17). The molecule has 0 aromatic heterocycles. The highest BCUT2D eigenvalue weighted by Gasteiger charge is 2.16. The van der Waals surface area contributed by atoms with E-state index in [0.717, 1.165) is 38.5 Å². The first-order chi connectivity index (χ1) is 9.10. The Morgan fingerprint density at radius 3 is 2.37 bits per heavy atom. The van der Waals surface area contributed by atoms with Gasteiger partial charge in [0.1, 0.15) is 0 Å². The van der Waals surface area contributed by atoms with Gasteiger partial charge in [-0.1, -0.05) is 46.0 Å². The zero-order valence-electron chi connectivity index (χ0n) is 12.1. The summed E-state index contributed by atoms with van der Waals surface area (Å²) in [5.74, 6) is -0.894. The average Bonchev–Trinajstić information content (AvgIpc) is 2.34. The van der Waals surface area contributed by atoms with Crippen LogP contribution in [0.25, 0.3) is 0 Å². The van der Waals surface area contributed by atoms with Gasteiger partial charge in [0.15, 0.2) is 0 Å². The second-order valence-corrected chi connectivity index (χ2v) is 4.78. The summed E-state index contributed by atoms with van der Waals surface area (Å²) in [4.78, 5) is 22.2. The minimum Gasteiger partial charge on any atom is -0.481 e. The van der Waals surface area contributed by atoms with Crippen LogP contribution in [-0.2, 0) is 9.53 Å². The normalized spacial score (nSPS) is 11.9. The molecule has 5 heteroatoms. The van der Waals surface area contributed by atoms with Gasteiger partial charge in [-0.2, -0.15) is 0 Å². The maximum Gasteiger partial charge on any atom is 0.407 e. The van der Waals surface area contributed by atoms with Crippen molar-refractivity contribution in [1.82, 2.24) is 5.32 Å². The molecule has 5 nitrogen and oxygen atoms in total. The Morgan fingerprint density at radius 2 is 1.79 bits per heavy atom. The summed E-state index contributed by atoms with van der Waals surface area (Å²) in [7, 11) is 0. The first-order valence-corrected chi connectivity index (χ1v) is 7.25. The van der Waals surface area contributed by atoms with Gasteiger partial charge in [-0.05, 0) is 12.8 Å². The zero-order valence-corrected chi connectivity index (χ0v) is 12.1. The second kappa shape index (κ2) is 11.8. The number of nitrogens with one attached hydrogen (secondary N) is 1. The SMILES string of the molecule is CCCCCCC(CC(=O)O)NC(=O)OCCCC. The number of carboxylic acids is 1. The van der Waals surface area contributed by atoms with E-state index in [0.29, 0.717) is 13.0 Å². The molecular formula is C14H27NO4. The van der Waals surface area contributed by atoms with E-state index in [1.165, 1.54) is 0 Å². The number of unbranched alkanes of at least 4 members (excludes halogenated alkanes) is 4. The van der Waals surface area contributed by atoms with Gasteiger partial charge >= 0.3 is 12.1 Å². The quantitative estimate of drug-likeness (QED) is 0.566. The molecule has 0 heterocycles. The second-order valence-electron chi connectivity index (χ2n) is 4.78. The summed E-state index contributed by atoms with van der Waals surface area (Å²) in [5.41, 5.74) is 0. The molecule has 0 aliphatic carbocycles. The Balaban J connectivity index is 3.96. The Hall–Kier alpha value is -1.26. The molecule has 0 fully saturated rings. The Morgan fingerprint density at radius 1 is 1.11 bits per heavy atom. The molecule has 0 aromatic rings. The monoisotopic (exact) mass is 273 g/mol. The number of carbonyl (C=O) groups is 2. The molecule has 0 saturated carbocycles. The minimum atomic E-state index is -0.894. The van der Waals surface area contributed by atoms with Gasteiger partial charge in [-0.15, -0.1) is 0 Å². The van der Waals surface area contributed by atoms with Crippen LogP contribution in [0, 0.1) is 0 Å². The fourth-order valence-electron chi connectivity index (χ4n) is 1.77. The van der Waals surface area contributed by atoms with Crippen LogP contribution in [0.5, 0.6) is 0 Å². The highest BCUT2D eigenvalue weighted by atomic mass is 16.5. The van der Waals surface area contributed by atoms with Crippen molar-refractivity contribution in [2.45, 2.75) is 71.3 Å². The maximum atomic E-state index is 11.5. The molecule has 1 amide bonds. The van der Waals surface area contributed by atoms with Gasteiger partial charge in [-0.3, -0.25) is 4.79 Å². The third-order valence-corrected chi connectivity index (χ3v) is 2.88. The number of hydrogen-bond donors (Lipinski definition) is 2. The summed E-state index contributed by atoms with van der Waals surface area (Å²) >= 11 is 0. The van der Waals surface area contributed by atoms with Gasteiger partial charge in [0.05, 0.1) is 13.0 Å². The average molecular weight is 273 g/mol. The number of rotatable bonds is 11. The number of aliphatic carboxylic acids is 1. The van der Waals surface area contributed by atoms with Crippen LogP contribution in [0.1, 0.15) is 65.2 Å². The predicted molar refractivity (Wildman–Crippen MR) is 74.2 cm³/mol. The molecule has 1 atom stereocenters. The van der Waals surface area contributed by atoms with Gasteiger partial charge in [0, 0.05) is 6.04 Å². The minimum absolute atomic E-state index is 0.0466. The molecule has 19 heavy (non-hydrogen) atoms. The van der Waals surface area contributed by atoms with Crippen molar-refractivity contribution in [3.8, 4) is 0 Å². The van der Waals surface area contributed by atoms with Gasteiger partial charge in [0.2, 0.25) is 0 Å². The molecular weight excluding hydrogens is 246 g/mol. The summed E-state index contributed by atoms with van der Waals surface area (Å²) in [6.45, 7) is 4.53. The lowest BCUT2D eigenvalue weighted by Crippen LogP contribution is -2.37. The number of alkyl carbamates (subject to hydrolysis) is 1. The fourth-order valence-corrected chi connectivity index (χ4v) is 1.77. The number of carboxylic acid groups (broad SMARTS) is 1. The Labute approximate surface area is 115 Å². The van der Waals surface area contributed by atoms with Crippen LogP contribution in [0.3, 0.4) is 0 Å². The first-order valence-electron chi connectivity index (χ1n) is 7.25. The smallest absolute Gasteiger partial charge is 0.407 e. The molecule has 0 aliphatic heterocycles. The molecule has 2 N–H and O–H groups in total. The molecule has 0 rings (SSSR count). The van der Waals surface area contributed by atoms with E-state index < -0.39 is 12.1 Å². The molecule has 112 valence electrons. The van der Waals surface area contributed by atoms with Crippen LogP contribution >= 0.6 is 0 Å². The van der Waals surface area contributed by atoms with Crippen molar-refractivity contribution in [3.05, 3.63) is 0 Å². The van der Waals surface area contributed by atoms with Crippen LogP contribution < -0.4 is 5.32 Å². The maximum absolute atomic E-state index is 11.5. The third-order valence-electron chi connectivity index (χ3n) is 2.88. The van der Waals surface area contributed by atoms with Crippen LogP contribution in [-0.4, -0.2) is 29.8 Å². The van der Waals surface area contributed by atoms with E-state index in [4.69, 9.17) is 9.84 Å². The van der Waals surface area contributed by atoms with Gasteiger partial charge in [0.25, 0.3) is 0 Å². The number of carbonyl (C=O) groups excluding carboxylic acids is 1. The molecule has 0 aromatic carbocycles. The van der Waals surface area contributed by atoms with Crippen LogP contribution in [0.4, 0.5) is 4.79 Å². The molecule has 1 unspecified atom stereocenters. The molecule has 0 bridgehead atoms. The lowest BCUT2D eigenvalue weighted by Gasteiger charge is -2.16. The van der Waals surface area contributed by atoms with Crippen molar-refractivity contribution in [1.29, 1.82) is 0 Å². The van der Waals surface area contributed by atoms with E-state index in [-0.39, 0.29) is 12.5 Å². The summed E-state index contributed by atoms with van der Waals surface area (Å²) in [5, 5.41) is 11.5. The van der Waals surface area contributed by atoms with Crippen molar-refractivity contribution in [2.24, 2.45) is 0 Å². The van der Waals surface area contributed by atoms with Crippen molar-refractivity contribution in [3.63, 3.8) is 0 Å². The number of hydrogen-bond acceptors (Lipinski definition) is 3. The highest BCUT2D eigenvalue weighted by Crippen LogP contribution is 2.08. The Kier molecular flexibility index (Phi) is 11.0. The van der Waals surface area contributed by atoms with Gasteiger partial charge < -0.3 is 15.2 Å². The molecule has 0 spiro atoms. The van der Waals surface area contributed by atoms with E-state index in [9.17, 15) is 9.59 Å². The summed E-state index contributed by atoms with van der Waals surface area (Å²) in [6.07, 6.45) is 6.20. The van der Waals surface area contributed by atoms with Crippen LogP contribution in [0.15, 0.2) is 0 Å². The van der Waals surface area contributed by atoms with E-state index >= 15 is 0 Å². The van der Waals surface area contributed by atoms with Gasteiger partial charge in [-0.25, -0.2) is 4.79 Å². The Bertz CT molecular complexity index is 256. The van der Waals surface area contributed by atoms with Crippen LogP contribution in [0.2, 0.25) is 0 Å². The molecule has 0 radical (unpaired) electrons. The highest BCUT2D eigenvalue weighted by molar-refractivity contribution is 5.71. The van der Waals surface area contributed by atoms with E-state index in [1.54, 1.807) is 0 Å². The summed E-state index contributed by atoms with van der Waals surface area (Å²) in [6, 6.07) is -0.330. The zero-order chi connectivity index (χ0) is 14.5. The van der Waals surface area contributed by atoms with E-state index in [2.05, 4.69) is 12.2 Å².